The maximum absolute atomic E-state index is 14.0. The third-order valence-corrected chi connectivity index (χ3v) is 6.98. The number of morpholine rings is 1. The fraction of sp³-hybridized carbons (Fsp3) is 0.375. The lowest BCUT2D eigenvalue weighted by Gasteiger charge is -2.49. The lowest BCUT2D eigenvalue weighted by Crippen LogP contribution is -2.64. The maximum Gasteiger partial charge on any atom is 0.410 e. The van der Waals surface area contributed by atoms with E-state index in [1.807, 2.05) is 60.7 Å². The van der Waals surface area contributed by atoms with E-state index in [-0.39, 0.29) is 25.1 Å². The van der Waals surface area contributed by atoms with Crippen LogP contribution in [0.5, 0.6) is 0 Å². The van der Waals surface area contributed by atoms with Gasteiger partial charge in [0.15, 0.2) is 0 Å². The second kappa shape index (κ2) is 12.4. The molecule has 3 aromatic rings. The summed E-state index contributed by atoms with van der Waals surface area (Å²) < 4.78 is 40.3. The predicted octanol–water partition coefficient (Wildman–Crippen LogP) is 4.95. The SMILES string of the molecule is CC(=O)N[C@@H](Cc1cc(F)cc(F)c1)[C@H](O)C1COC(c2ccccc2)(c2ccccc2)CN1C(=O)OC(C)(C)C. The molecule has 9 heteroatoms. The summed E-state index contributed by atoms with van der Waals surface area (Å²) in [6.45, 7) is 6.41. The highest BCUT2D eigenvalue weighted by Gasteiger charge is 2.49. The number of rotatable bonds is 7. The van der Waals surface area contributed by atoms with E-state index in [1.165, 1.54) is 11.8 Å². The molecular formula is C32H36F2N2O5. The zero-order chi connectivity index (χ0) is 29.8. The zero-order valence-corrected chi connectivity index (χ0v) is 23.6. The van der Waals surface area contributed by atoms with Crippen molar-refractivity contribution >= 4 is 12.0 Å². The number of aliphatic hydroxyl groups is 1. The van der Waals surface area contributed by atoms with E-state index >= 15 is 0 Å². The van der Waals surface area contributed by atoms with Crippen LogP contribution >= 0.6 is 0 Å². The minimum atomic E-state index is -1.37. The highest BCUT2D eigenvalue weighted by atomic mass is 19.1. The molecule has 0 aromatic heterocycles. The number of halogens is 2. The van der Waals surface area contributed by atoms with Gasteiger partial charge in [-0.1, -0.05) is 60.7 Å². The minimum Gasteiger partial charge on any atom is -0.444 e. The van der Waals surface area contributed by atoms with E-state index in [0.717, 1.165) is 29.3 Å². The van der Waals surface area contributed by atoms with E-state index in [4.69, 9.17) is 9.47 Å². The molecule has 2 N–H and O–H groups in total. The molecule has 1 fully saturated rings. The number of hydrogen-bond acceptors (Lipinski definition) is 5. The van der Waals surface area contributed by atoms with Crippen molar-refractivity contribution in [1.82, 2.24) is 10.2 Å². The second-order valence-electron chi connectivity index (χ2n) is 11.3. The van der Waals surface area contributed by atoms with Crippen molar-refractivity contribution in [3.05, 3.63) is 107 Å². The Balaban J connectivity index is 1.75. The van der Waals surface area contributed by atoms with Crippen LogP contribution in [0, 0.1) is 11.6 Å². The predicted molar refractivity (Wildman–Crippen MR) is 150 cm³/mol. The first kappa shape index (κ1) is 30.1. The summed E-state index contributed by atoms with van der Waals surface area (Å²) in [5.74, 6) is -2.00. The molecule has 41 heavy (non-hydrogen) atoms. The summed E-state index contributed by atoms with van der Waals surface area (Å²) in [6.07, 6.45) is -2.13. The molecule has 3 atom stereocenters. The molecule has 218 valence electrons. The van der Waals surface area contributed by atoms with E-state index in [0.29, 0.717) is 0 Å². The van der Waals surface area contributed by atoms with Crippen LogP contribution in [-0.2, 0) is 26.3 Å². The molecule has 0 spiro atoms. The van der Waals surface area contributed by atoms with Crippen LogP contribution in [0.2, 0.25) is 0 Å². The van der Waals surface area contributed by atoms with Gasteiger partial charge in [-0.15, -0.1) is 0 Å². The normalized spacial score (nSPS) is 18.3. The third-order valence-electron chi connectivity index (χ3n) is 6.98. The van der Waals surface area contributed by atoms with Gasteiger partial charge in [-0.3, -0.25) is 9.69 Å². The molecule has 3 aromatic carbocycles. The van der Waals surface area contributed by atoms with Crippen LogP contribution in [0.4, 0.5) is 13.6 Å². The lowest BCUT2D eigenvalue weighted by atomic mass is 9.83. The van der Waals surface area contributed by atoms with Gasteiger partial charge < -0.3 is 19.9 Å². The molecule has 0 radical (unpaired) electrons. The maximum atomic E-state index is 14.0. The molecule has 1 aliphatic rings. The third kappa shape index (κ3) is 7.28. The fourth-order valence-corrected chi connectivity index (χ4v) is 5.22. The standard InChI is InChI=1S/C32H36F2N2O5/c1-21(37)35-27(17-22-15-25(33)18-26(34)16-22)29(38)28-19-40-32(23-11-7-5-8-12-23,24-13-9-6-10-14-24)20-36(28)30(39)41-31(2,3)4/h5-16,18,27-29,38H,17,19-20H2,1-4H3,(H,35,37)/t27-,28?,29-/m0/s1. The fourth-order valence-electron chi connectivity index (χ4n) is 5.22. The molecule has 1 unspecified atom stereocenters. The summed E-state index contributed by atoms with van der Waals surface area (Å²) in [5.41, 5.74) is -0.0555. The quantitative estimate of drug-likeness (QED) is 0.423. The minimum absolute atomic E-state index is 0.000941. The Bertz CT molecular complexity index is 1290. The lowest BCUT2D eigenvalue weighted by molar-refractivity contribution is -0.143. The van der Waals surface area contributed by atoms with Gasteiger partial charge in [-0.05, 0) is 56.0 Å². The smallest absolute Gasteiger partial charge is 0.410 e. The average molecular weight is 567 g/mol. The van der Waals surface area contributed by atoms with Crippen LogP contribution in [0.25, 0.3) is 0 Å². The Kier molecular flexibility index (Phi) is 9.09. The van der Waals surface area contributed by atoms with Gasteiger partial charge in [0, 0.05) is 13.0 Å². The number of nitrogens with zero attached hydrogens (tertiary/aromatic N) is 1. The first-order valence-corrected chi connectivity index (χ1v) is 13.5. The molecule has 7 nitrogen and oxygen atoms in total. The number of hydrogen-bond donors (Lipinski definition) is 2. The van der Waals surface area contributed by atoms with Crippen molar-refractivity contribution < 1.29 is 33.0 Å². The first-order chi connectivity index (χ1) is 19.4. The molecule has 1 heterocycles. The number of amides is 2. The Morgan fingerprint density at radius 3 is 2.05 bits per heavy atom. The van der Waals surface area contributed by atoms with Crippen LogP contribution in [0.1, 0.15) is 44.4 Å². The van der Waals surface area contributed by atoms with Gasteiger partial charge in [0.05, 0.1) is 31.3 Å². The summed E-state index contributed by atoms with van der Waals surface area (Å²) in [6, 6.07) is 20.0. The Morgan fingerprint density at radius 2 is 1.56 bits per heavy atom. The number of benzene rings is 3. The van der Waals surface area contributed by atoms with Gasteiger partial charge in [0.25, 0.3) is 0 Å². The van der Waals surface area contributed by atoms with Crippen molar-refractivity contribution in [2.75, 3.05) is 13.2 Å². The number of carbonyl (C=O) groups is 2. The van der Waals surface area contributed by atoms with Crippen molar-refractivity contribution in [3.63, 3.8) is 0 Å². The van der Waals surface area contributed by atoms with Gasteiger partial charge in [-0.25, -0.2) is 13.6 Å². The summed E-state index contributed by atoms with van der Waals surface area (Å²) in [4.78, 5) is 27.3. The average Bonchev–Trinajstić information content (AvgIpc) is 2.91. The van der Waals surface area contributed by atoms with E-state index in [1.54, 1.807) is 20.8 Å². The van der Waals surface area contributed by atoms with Gasteiger partial charge in [0.1, 0.15) is 22.8 Å². The Labute approximate surface area is 239 Å². The van der Waals surface area contributed by atoms with Crippen molar-refractivity contribution in [1.29, 1.82) is 0 Å². The van der Waals surface area contributed by atoms with Gasteiger partial charge >= 0.3 is 6.09 Å². The monoisotopic (exact) mass is 566 g/mol. The van der Waals surface area contributed by atoms with E-state index in [2.05, 4.69) is 5.32 Å². The van der Waals surface area contributed by atoms with Crippen LogP contribution < -0.4 is 5.32 Å². The molecular weight excluding hydrogens is 530 g/mol. The molecule has 1 aliphatic heterocycles. The number of carbonyl (C=O) groups excluding carboxylic acids is 2. The molecule has 4 rings (SSSR count). The number of nitrogens with one attached hydrogen (secondary N) is 1. The van der Waals surface area contributed by atoms with E-state index in [9.17, 15) is 23.5 Å². The van der Waals surface area contributed by atoms with Crippen molar-refractivity contribution in [3.8, 4) is 0 Å². The number of aliphatic hydroxyl groups excluding tert-OH is 1. The highest BCUT2D eigenvalue weighted by Crippen LogP contribution is 2.39. The highest BCUT2D eigenvalue weighted by molar-refractivity contribution is 5.73. The molecule has 0 saturated carbocycles. The second-order valence-corrected chi connectivity index (χ2v) is 11.3. The summed E-state index contributed by atoms with van der Waals surface area (Å²) >= 11 is 0. The largest absolute Gasteiger partial charge is 0.444 e. The Hall–Kier alpha value is -3.82. The topological polar surface area (TPSA) is 88.1 Å². The molecule has 1 saturated heterocycles. The van der Waals surface area contributed by atoms with Gasteiger partial charge in [0.2, 0.25) is 5.91 Å². The van der Waals surface area contributed by atoms with Crippen molar-refractivity contribution in [2.24, 2.45) is 0 Å². The van der Waals surface area contributed by atoms with Crippen LogP contribution in [0.3, 0.4) is 0 Å². The zero-order valence-electron chi connectivity index (χ0n) is 23.6. The molecule has 2 amide bonds. The van der Waals surface area contributed by atoms with Crippen molar-refractivity contribution in [2.45, 2.75) is 63.5 Å². The number of ether oxygens (including phenoxy) is 2. The van der Waals surface area contributed by atoms with Gasteiger partial charge in [-0.2, -0.15) is 0 Å². The molecule has 0 bridgehead atoms. The van der Waals surface area contributed by atoms with Crippen LogP contribution in [-0.4, -0.2) is 58.9 Å². The Morgan fingerprint density at radius 1 is 1.02 bits per heavy atom. The van der Waals surface area contributed by atoms with E-state index < -0.39 is 53.0 Å². The summed E-state index contributed by atoms with van der Waals surface area (Å²) in [5, 5.41) is 14.4. The van der Waals surface area contributed by atoms with Crippen LogP contribution in [0.15, 0.2) is 78.9 Å². The first-order valence-electron chi connectivity index (χ1n) is 13.5. The summed E-state index contributed by atoms with van der Waals surface area (Å²) in [7, 11) is 0. The molecule has 0 aliphatic carbocycles.